The molecule has 0 aliphatic carbocycles. The first-order valence-corrected chi connectivity index (χ1v) is 5.72. The quantitative estimate of drug-likeness (QED) is 0.628. The highest BCUT2D eigenvalue weighted by Crippen LogP contribution is 2.17. The number of ether oxygens (including phenoxy) is 1. The van der Waals surface area contributed by atoms with Crippen LogP contribution in [-0.4, -0.2) is 23.8 Å². The summed E-state index contributed by atoms with van der Waals surface area (Å²) in [5.41, 5.74) is 0.427. The van der Waals surface area contributed by atoms with Gasteiger partial charge in [-0.25, -0.2) is 0 Å². The Bertz CT molecular complexity index is 318. The van der Waals surface area contributed by atoms with Gasteiger partial charge in [-0.1, -0.05) is 29.3 Å². The van der Waals surface area contributed by atoms with Gasteiger partial charge in [-0.05, 0) is 30.1 Å². The number of hydrogen-bond donors (Lipinski definition) is 2. The number of unbranched alkanes of at least 4 members (excludes halogenated alkanes) is 1. The molecule has 0 bridgehead atoms. The molecule has 1 aromatic carbocycles. The molecule has 0 spiro atoms. The average molecular weight is 273 g/mol. The third-order valence-corrected chi connectivity index (χ3v) is 2.42. The zero-order chi connectivity index (χ0) is 11.3. The van der Waals surface area contributed by atoms with Crippen LogP contribution in [0.3, 0.4) is 0 Å². The van der Waals surface area contributed by atoms with E-state index in [0.29, 0.717) is 17.8 Å². The van der Waals surface area contributed by atoms with Crippen LogP contribution < -0.4 is 10.2 Å². The largest absolute Gasteiger partial charge is 0.494 e. The highest BCUT2D eigenvalue weighted by molar-refractivity contribution is 9.10. The molecular formula is C10H14BBrO3. The first kappa shape index (κ1) is 12.6. The molecule has 0 aliphatic rings. The van der Waals surface area contributed by atoms with Gasteiger partial charge in [0.1, 0.15) is 5.75 Å². The fraction of sp³-hybridized carbons (Fsp3) is 0.400. The molecule has 3 nitrogen and oxygen atoms in total. The number of rotatable bonds is 5. The van der Waals surface area contributed by atoms with Crippen molar-refractivity contribution in [1.29, 1.82) is 0 Å². The van der Waals surface area contributed by atoms with Crippen LogP contribution in [0.1, 0.15) is 19.8 Å². The fourth-order valence-corrected chi connectivity index (χ4v) is 1.64. The van der Waals surface area contributed by atoms with E-state index in [2.05, 4.69) is 22.9 Å². The lowest BCUT2D eigenvalue weighted by atomic mass is 9.80. The Labute approximate surface area is 98.4 Å². The van der Waals surface area contributed by atoms with Crippen LogP contribution in [-0.2, 0) is 0 Å². The van der Waals surface area contributed by atoms with Crippen molar-refractivity contribution in [3.8, 4) is 5.75 Å². The molecule has 5 heteroatoms. The summed E-state index contributed by atoms with van der Waals surface area (Å²) in [7, 11) is -1.46. The van der Waals surface area contributed by atoms with Crippen LogP contribution in [0.2, 0.25) is 0 Å². The van der Waals surface area contributed by atoms with E-state index in [1.54, 1.807) is 12.1 Å². The second-order valence-corrected chi connectivity index (χ2v) is 4.21. The van der Waals surface area contributed by atoms with Gasteiger partial charge < -0.3 is 14.8 Å². The van der Waals surface area contributed by atoms with Gasteiger partial charge in [0.15, 0.2) is 0 Å². The normalized spacial score (nSPS) is 10.1. The van der Waals surface area contributed by atoms with Gasteiger partial charge in [0.2, 0.25) is 0 Å². The van der Waals surface area contributed by atoms with Crippen LogP contribution in [0.4, 0.5) is 0 Å². The Balaban J connectivity index is 2.71. The van der Waals surface area contributed by atoms with Gasteiger partial charge in [0.25, 0.3) is 0 Å². The number of hydrogen-bond acceptors (Lipinski definition) is 3. The van der Waals surface area contributed by atoms with E-state index in [9.17, 15) is 0 Å². The molecule has 0 atom stereocenters. The van der Waals surface area contributed by atoms with Crippen molar-refractivity contribution < 1.29 is 14.8 Å². The first-order valence-electron chi connectivity index (χ1n) is 4.93. The molecule has 0 saturated heterocycles. The third kappa shape index (κ3) is 4.24. The smallest absolute Gasteiger partial charge is 0.488 e. The maximum Gasteiger partial charge on any atom is 0.488 e. The van der Waals surface area contributed by atoms with E-state index in [0.717, 1.165) is 17.3 Å². The summed E-state index contributed by atoms with van der Waals surface area (Å²) < 4.78 is 6.24. The monoisotopic (exact) mass is 272 g/mol. The Morgan fingerprint density at radius 3 is 2.67 bits per heavy atom. The molecule has 0 radical (unpaired) electrons. The Morgan fingerprint density at radius 2 is 2.07 bits per heavy atom. The van der Waals surface area contributed by atoms with Crippen LogP contribution >= 0.6 is 15.9 Å². The minimum absolute atomic E-state index is 0.427. The molecule has 1 aromatic rings. The summed E-state index contributed by atoms with van der Waals surface area (Å²) in [6.45, 7) is 2.74. The molecule has 0 saturated carbocycles. The summed E-state index contributed by atoms with van der Waals surface area (Å²) in [6.07, 6.45) is 2.06. The van der Waals surface area contributed by atoms with Gasteiger partial charge in [-0.2, -0.15) is 0 Å². The van der Waals surface area contributed by atoms with Crippen molar-refractivity contribution in [2.75, 3.05) is 6.61 Å². The molecule has 0 fully saturated rings. The lowest BCUT2D eigenvalue weighted by molar-refractivity contribution is 0.309. The zero-order valence-corrected chi connectivity index (χ0v) is 10.2. The minimum Gasteiger partial charge on any atom is -0.494 e. The summed E-state index contributed by atoms with van der Waals surface area (Å²) in [4.78, 5) is 0. The summed E-state index contributed by atoms with van der Waals surface area (Å²) >= 11 is 3.29. The molecule has 82 valence electrons. The van der Waals surface area contributed by atoms with Gasteiger partial charge in [-0.15, -0.1) is 0 Å². The fourth-order valence-electron chi connectivity index (χ4n) is 1.15. The summed E-state index contributed by atoms with van der Waals surface area (Å²) in [6, 6.07) is 5.09. The Hall–Kier alpha value is -0.515. The predicted octanol–water partition coefficient (Wildman–Crippen LogP) is 1.31. The highest BCUT2D eigenvalue weighted by atomic mass is 79.9. The molecule has 0 aliphatic heterocycles. The Morgan fingerprint density at radius 1 is 1.33 bits per heavy atom. The second kappa shape index (κ2) is 6.15. The average Bonchev–Trinajstić information content (AvgIpc) is 2.17. The van der Waals surface area contributed by atoms with Crippen molar-refractivity contribution in [2.45, 2.75) is 19.8 Å². The molecule has 1 rings (SSSR count). The van der Waals surface area contributed by atoms with Crippen LogP contribution in [0.5, 0.6) is 5.75 Å². The topological polar surface area (TPSA) is 49.7 Å². The van der Waals surface area contributed by atoms with Gasteiger partial charge in [-0.3, -0.25) is 0 Å². The molecule has 0 unspecified atom stereocenters. The summed E-state index contributed by atoms with van der Waals surface area (Å²) in [5.74, 6) is 0.654. The molecular weight excluding hydrogens is 259 g/mol. The third-order valence-electron chi connectivity index (χ3n) is 1.96. The summed E-state index contributed by atoms with van der Waals surface area (Å²) in [5, 5.41) is 18.0. The lowest BCUT2D eigenvalue weighted by Gasteiger charge is -2.08. The van der Waals surface area contributed by atoms with E-state index >= 15 is 0 Å². The van der Waals surface area contributed by atoms with E-state index in [1.165, 1.54) is 0 Å². The Kier molecular flexibility index (Phi) is 5.15. The van der Waals surface area contributed by atoms with Crippen LogP contribution in [0.15, 0.2) is 22.7 Å². The maximum absolute atomic E-state index is 9.02. The van der Waals surface area contributed by atoms with Crippen molar-refractivity contribution in [1.82, 2.24) is 0 Å². The van der Waals surface area contributed by atoms with Crippen molar-refractivity contribution in [2.24, 2.45) is 0 Å². The van der Waals surface area contributed by atoms with Crippen molar-refractivity contribution in [3.63, 3.8) is 0 Å². The van der Waals surface area contributed by atoms with Gasteiger partial charge in [0, 0.05) is 4.47 Å². The van der Waals surface area contributed by atoms with E-state index in [-0.39, 0.29) is 0 Å². The van der Waals surface area contributed by atoms with Crippen LogP contribution in [0, 0.1) is 0 Å². The van der Waals surface area contributed by atoms with Gasteiger partial charge in [0.05, 0.1) is 6.61 Å². The highest BCUT2D eigenvalue weighted by Gasteiger charge is 2.12. The number of benzene rings is 1. The van der Waals surface area contributed by atoms with E-state index in [1.807, 2.05) is 6.07 Å². The SMILES string of the molecule is CCCCOc1cc(Br)cc(B(O)O)c1. The van der Waals surface area contributed by atoms with E-state index in [4.69, 9.17) is 14.8 Å². The minimum atomic E-state index is -1.46. The predicted molar refractivity (Wildman–Crippen MR) is 64.4 cm³/mol. The molecule has 0 heterocycles. The molecule has 0 amide bonds. The maximum atomic E-state index is 9.02. The molecule has 15 heavy (non-hydrogen) atoms. The first-order chi connectivity index (χ1) is 7.13. The lowest BCUT2D eigenvalue weighted by Crippen LogP contribution is -2.29. The second-order valence-electron chi connectivity index (χ2n) is 3.30. The van der Waals surface area contributed by atoms with E-state index < -0.39 is 7.12 Å². The van der Waals surface area contributed by atoms with Crippen molar-refractivity contribution >= 4 is 28.5 Å². The van der Waals surface area contributed by atoms with Gasteiger partial charge >= 0.3 is 7.12 Å². The number of halogens is 1. The standard InChI is InChI=1S/C10H14BBrO3/c1-2-3-4-15-10-6-8(11(13)14)5-9(12)7-10/h5-7,13-14H,2-4H2,1H3. The van der Waals surface area contributed by atoms with Crippen LogP contribution in [0.25, 0.3) is 0 Å². The molecule has 0 aromatic heterocycles. The zero-order valence-electron chi connectivity index (χ0n) is 8.61. The molecule has 2 N–H and O–H groups in total. The van der Waals surface area contributed by atoms with Crippen molar-refractivity contribution in [3.05, 3.63) is 22.7 Å².